The first-order chi connectivity index (χ1) is 7.00. The Morgan fingerprint density at radius 2 is 1.50 bits per heavy atom. The molecule has 2 heteroatoms. The van der Waals surface area contributed by atoms with Crippen molar-refractivity contribution in [1.29, 1.82) is 0 Å². The van der Waals surface area contributed by atoms with E-state index in [0.717, 1.165) is 12.8 Å². The average molecular weight is 228 g/mol. The lowest BCUT2D eigenvalue weighted by atomic mass is 9.59. The van der Waals surface area contributed by atoms with Gasteiger partial charge >= 0.3 is 5.97 Å². The zero-order valence-electron chi connectivity index (χ0n) is 12.2. The smallest absolute Gasteiger partial charge is 0.312 e. The summed E-state index contributed by atoms with van der Waals surface area (Å²) in [7, 11) is 1.49. The van der Waals surface area contributed by atoms with Gasteiger partial charge in [-0.05, 0) is 23.7 Å². The van der Waals surface area contributed by atoms with Crippen LogP contribution in [0.15, 0.2) is 0 Å². The molecule has 0 amide bonds. The molecule has 0 heterocycles. The first-order valence-electron chi connectivity index (χ1n) is 6.08. The molecule has 0 spiro atoms. The van der Waals surface area contributed by atoms with Gasteiger partial charge in [-0.2, -0.15) is 0 Å². The van der Waals surface area contributed by atoms with E-state index in [1.165, 1.54) is 7.11 Å². The molecule has 0 radical (unpaired) electrons. The van der Waals surface area contributed by atoms with E-state index < -0.39 is 0 Å². The highest BCUT2D eigenvalue weighted by Gasteiger charge is 2.49. The first-order valence-corrected chi connectivity index (χ1v) is 6.08. The van der Waals surface area contributed by atoms with E-state index in [1.807, 2.05) is 0 Å². The van der Waals surface area contributed by atoms with Crippen LogP contribution in [-0.2, 0) is 9.53 Å². The minimum atomic E-state index is -0.389. The maximum Gasteiger partial charge on any atom is 0.312 e. The molecule has 0 aromatic rings. The molecule has 0 aromatic heterocycles. The summed E-state index contributed by atoms with van der Waals surface area (Å²) in [5.74, 6) is -0.0718. The van der Waals surface area contributed by atoms with Crippen molar-refractivity contribution in [2.75, 3.05) is 7.11 Å². The van der Waals surface area contributed by atoms with E-state index in [-0.39, 0.29) is 22.2 Å². The van der Waals surface area contributed by atoms with E-state index in [9.17, 15) is 4.79 Å². The first kappa shape index (κ1) is 15.5. The number of carbonyl (C=O) groups excluding carboxylic acids is 1. The van der Waals surface area contributed by atoms with Gasteiger partial charge in [-0.3, -0.25) is 4.79 Å². The van der Waals surface area contributed by atoms with E-state index in [2.05, 4.69) is 48.5 Å². The van der Waals surface area contributed by atoms with Crippen LogP contribution in [0.4, 0.5) is 0 Å². The predicted octanol–water partition coefficient (Wildman–Crippen LogP) is 4.04. The number of carbonyl (C=O) groups is 1. The van der Waals surface area contributed by atoms with E-state index >= 15 is 0 Å². The molecule has 0 aliphatic carbocycles. The van der Waals surface area contributed by atoms with Crippen molar-refractivity contribution in [1.82, 2.24) is 0 Å². The average Bonchev–Trinajstić information content (AvgIpc) is 2.09. The standard InChI is InChI=1S/C14H28O2/c1-9-14(11(15)16-8,13(5,6)7)10-12(2,3)4/h9-10H2,1-8H3. The topological polar surface area (TPSA) is 26.3 Å². The predicted molar refractivity (Wildman–Crippen MR) is 68.3 cm³/mol. The Balaban J connectivity index is 5.40. The number of hydrogen-bond acceptors (Lipinski definition) is 2. The quantitative estimate of drug-likeness (QED) is 0.681. The zero-order chi connectivity index (χ0) is 13.2. The minimum absolute atomic E-state index is 0.0718. The number of methoxy groups -OCH3 is 1. The fraction of sp³-hybridized carbons (Fsp3) is 0.929. The SMILES string of the molecule is CCC(CC(C)(C)C)(C(=O)OC)C(C)(C)C. The summed E-state index contributed by atoms with van der Waals surface area (Å²) in [6, 6.07) is 0. The van der Waals surface area contributed by atoms with Gasteiger partial charge in [0.1, 0.15) is 0 Å². The molecule has 0 N–H and O–H groups in total. The maximum atomic E-state index is 12.2. The number of rotatable bonds is 3. The van der Waals surface area contributed by atoms with E-state index in [4.69, 9.17) is 4.74 Å². The Labute approximate surface area is 101 Å². The zero-order valence-corrected chi connectivity index (χ0v) is 12.2. The molecular formula is C14H28O2. The second-order valence-electron chi connectivity index (χ2n) is 6.91. The molecular weight excluding hydrogens is 200 g/mol. The van der Waals surface area contributed by atoms with Gasteiger partial charge in [0, 0.05) is 0 Å². The van der Waals surface area contributed by atoms with Crippen LogP contribution in [0, 0.1) is 16.2 Å². The summed E-state index contributed by atoms with van der Waals surface area (Å²) >= 11 is 0. The molecule has 1 unspecified atom stereocenters. The van der Waals surface area contributed by atoms with Gasteiger partial charge in [0.05, 0.1) is 12.5 Å². The van der Waals surface area contributed by atoms with Crippen LogP contribution in [0.2, 0.25) is 0 Å². The van der Waals surface area contributed by atoms with Gasteiger partial charge in [-0.1, -0.05) is 48.5 Å². The summed E-state index contributed by atoms with van der Waals surface area (Å²) in [5, 5.41) is 0. The summed E-state index contributed by atoms with van der Waals surface area (Å²) < 4.78 is 5.04. The number of esters is 1. The molecule has 0 aliphatic heterocycles. The number of ether oxygens (including phenoxy) is 1. The van der Waals surface area contributed by atoms with Gasteiger partial charge in [0.15, 0.2) is 0 Å². The fourth-order valence-electron chi connectivity index (χ4n) is 2.54. The molecule has 1 atom stereocenters. The molecule has 0 aromatic carbocycles. The second kappa shape index (κ2) is 4.77. The molecule has 0 fully saturated rings. The van der Waals surface area contributed by atoms with Crippen LogP contribution in [-0.4, -0.2) is 13.1 Å². The van der Waals surface area contributed by atoms with Crippen molar-refractivity contribution >= 4 is 5.97 Å². The van der Waals surface area contributed by atoms with Crippen LogP contribution >= 0.6 is 0 Å². The van der Waals surface area contributed by atoms with Crippen molar-refractivity contribution in [3.8, 4) is 0 Å². The number of hydrogen-bond donors (Lipinski definition) is 0. The van der Waals surface area contributed by atoms with Crippen molar-refractivity contribution in [2.45, 2.75) is 61.3 Å². The third-order valence-electron chi connectivity index (χ3n) is 3.45. The van der Waals surface area contributed by atoms with Crippen LogP contribution in [0.1, 0.15) is 61.3 Å². The van der Waals surface area contributed by atoms with Gasteiger partial charge in [-0.15, -0.1) is 0 Å². The normalized spacial score (nSPS) is 16.8. The Morgan fingerprint density at radius 3 is 1.69 bits per heavy atom. The molecule has 0 aliphatic rings. The van der Waals surface area contributed by atoms with Crippen LogP contribution < -0.4 is 0 Å². The molecule has 0 saturated heterocycles. The van der Waals surface area contributed by atoms with Crippen molar-refractivity contribution < 1.29 is 9.53 Å². The molecule has 16 heavy (non-hydrogen) atoms. The van der Waals surface area contributed by atoms with Gasteiger partial charge in [0.2, 0.25) is 0 Å². The molecule has 0 bridgehead atoms. The van der Waals surface area contributed by atoms with Crippen molar-refractivity contribution in [3.63, 3.8) is 0 Å². The Morgan fingerprint density at radius 1 is 1.06 bits per heavy atom. The van der Waals surface area contributed by atoms with Crippen LogP contribution in [0.3, 0.4) is 0 Å². The summed E-state index contributed by atoms with van der Waals surface area (Å²) in [5.41, 5.74) is -0.348. The molecule has 0 saturated carbocycles. The highest BCUT2D eigenvalue weighted by molar-refractivity contribution is 5.77. The van der Waals surface area contributed by atoms with Crippen LogP contribution in [0.5, 0.6) is 0 Å². The molecule has 96 valence electrons. The third kappa shape index (κ3) is 3.23. The summed E-state index contributed by atoms with van der Waals surface area (Å²) in [4.78, 5) is 12.2. The third-order valence-corrected chi connectivity index (χ3v) is 3.45. The second-order valence-corrected chi connectivity index (χ2v) is 6.91. The molecule has 2 nitrogen and oxygen atoms in total. The maximum absolute atomic E-state index is 12.2. The lowest BCUT2D eigenvalue weighted by molar-refractivity contribution is -0.164. The minimum Gasteiger partial charge on any atom is -0.469 e. The highest BCUT2D eigenvalue weighted by Crippen LogP contribution is 2.49. The van der Waals surface area contributed by atoms with Gasteiger partial charge < -0.3 is 4.74 Å². The summed E-state index contributed by atoms with van der Waals surface area (Å²) in [6.07, 6.45) is 1.67. The Hall–Kier alpha value is -0.530. The Bertz CT molecular complexity index is 242. The van der Waals surface area contributed by atoms with Gasteiger partial charge in [0.25, 0.3) is 0 Å². The van der Waals surface area contributed by atoms with E-state index in [1.54, 1.807) is 0 Å². The fourth-order valence-corrected chi connectivity index (χ4v) is 2.54. The monoisotopic (exact) mass is 228 g/mol. The van der Waals surface area contributed by atoms with E-state index in [0.29, 0.717) is 0 Å². The Kier molecular flexibility index (Phi) is 4.61. The van der Waals surface area contributed by atoms with Crippen molar-refractivity contribution in [2.24, 2.45) is 16.2 Å². The lowest BCUT2D eigenvalue weighted by Gasteiger charge is -2.45. The highest BCUT2D eigenvalue weighted by atomic mass is 16.5. The lowest BCUT2D eigenvalue weighted by Crippen LogP contribution is -2.45. The molecule has 0 rings (SSSR count). The van der Waals surface area contributed by atoms with Gasteiger partial charge in [-0.25, -0.2) is 0 Å². The summed E-state index contributed by atoms with van der Waals surface area (Å²) in [6.45, 7) is 15.0. The largest absolute Gasteiger partial charge is 0.469 e. The van der Waals surface area contributed by atoms with Crippen molar-refractivity contribution in [3.05, 3.63) is 0 Å². The van der Waals surface area contributed by atoms with Crippen LogP contribution in [0.25, 0.3) is 0 Å².